The zero-order chi connectivity index (χ0) is 79.4. The number of nitrogen functional groups attached to an aromatic ring is 1. The number of benzene rings is 1. The molecule has 31 atom stereocenters. The second kappa shape index (κ2) is 38.6. The van der Waals surface area contributed by atoms with Gasteiger partial charge in [-0.15, -0.1) is 0 Å². The molecule has 7 heterocycles. The number of methoxy groups -OCH3 is 1. The molecule has 46 nitrogen and oxygen atoms in total. The normalized spacial score (nSPS) is 37.5. The van der Waals surface area contributed by atoms with Gasteiger partial charge in [-0.3, -0.25) is 42.4 Å². The summed E-state index contributed by atoms with van der Waals surface area (Å²) in [5.41, 5.74) is 5.18. The zero-order valence-electron chi connectivity index (χ0n) is 57.5. The van der Waals surface area contributed by atoms with Gasteiger partial charge in [0.15, 0.2) is 43.6 Å². The standard InChI is InChI=1S/C61H89N6O40P/c1-23(73)64-35-39(80)47(93-3)31(18-69)99-53(35)103-50-42(83)45(86)56(105-58(50)96-22-72)101-48-32(19-70)100-54(36(40(48)81)65-24(2)74)102-49-41(82)44(85)55(104-57(49)95-21-71)94-14-12-63-51(87)26-9-7-25(8-10-26)5-4-6-27(75)15-28-29(76)16-61(59(88)89,106-46(28)37(78)30(77)17-68)107-108(91,92)97-20-33-38(79)43(84)52(98-33)67-13-11-34(62)66-60(67)90/h7-11,13,21-22,28-33,35-50,52-58,68-70,76-86H,4-6,12,14-20H2,1-3H3,(H,63,87)(H,64,73)(H,65,74)(H,88,89)(H,91,92)(H2,62,66,90)/p-1/t28-,29-,30-,31?,32?,33-,35?,36?,37-,38+,39-,40-,41-,42-,43?,44?,45?,46?,47-,48-,49+,50+,52-,53-,54-,55-,56-,57?,58?,61-/m1/s1. The lowest BCUT2D eigenvalue weighted by molar-refractivity contribution is -0.398. The van der Waals surface area contributed by atoms with Crippen LogP contribution in [0, 0.1) is 5.92 Å². The molecule has 6 aliphatic rings. The first-order valence-corrected chi connectivity index (χ1v) is 34.8. The molecule has 11 unspecified atom stereocenters. The number of anilines is 1. The predicted octanol–water partition coefficient (Wildman–Crippen LogP) is -11.6. The largest absolute Gasteiger partial charge is 0.756 e. The van der Waals surface area contributed by atoms with Crippen LogP contribution in [0.1, 0.15) is 61.7 Å². The molecule has 3 amide bonds. The summed E-state index contributed by atoms with van der Waals surface area (Å²) in [6.07, 6.45) is -50.4. The van der Waals surface area contributed by atoms with Crippen LogP contribution in [0.4, 0.5) is 5.82 Å². The summed E-state index contributed by atoms with van der Waals surface area (Å²) in [5.74, 6) is -10.2. The number of carbonyl (C=O) groups excluding carboxylic acids is 6. The maximum Gasteiger partial charge on any atom is 0.364 e. The van der Waals surface area contributed by atoms with Crippen molar-refractivity contribution < 1.29 is 190 Å². The highest BCUT2D eigenvalue weighted by Gasteiger charge is 2.60. The van der Waals surface area contributed by atoms with Gasteiger partial charge in [0.05, 0.1) is 45.2 Å². The topological polar surface area (TPSA) is 699 Å². The van der Waals surface area contributed by atoms with Crippen molar-refractivity contribution in [1.29, 1.82) is 0 Å². The molecule has 1 aromatic heterocycles. The number of nitrogens with two attached hydrogens (primary N) is 1. The number of aliphatic carboxylic acids is 1. The first-order valence-electron chi connectivity index (χ1n) is 33.4. The number of aliphatic hydroxyl groups excluding tert-OH is 14. The summed E-state index contributed by atoms with van der Waals surface area (Å²) in [5, 5.41) is 170. The maximum atomic E-state index is 13.5. The summed E-state index contributed by atoms with van der Waals surface area (Å²) in [7, 11) is -4.77. The molecule has 108 heavy (non-hydrogen) atoms. The van der Waals surface area contributed by atoms with Gasteiger partial charge >= 0.3 is 11.7 Å². The van der Waals surface area contributed by atoms with Crippen molar-refractivity contribution in [3.63, 3.8) is 0 Å². The summed E-state index contributed by atoms with van der Waals surface area (Å²) in [6, 6.07) is 3.82. The van der Waals surface area contributed by atoms with E-state index in [9.17, 15) is 124 Å². The van der Waals surface area contributed by atoms with Gasteiger partial charge in [-0.25, -0.2) is 9.59 Å². The van der Waals surface area contributed by atoms with Gasteiger partial charge in [-0.1, -0.05) is 12.1 Å². The molecule has 6 saturated heterocycles. The fraction of sp³-hybridized carbons (Fsp3) is 0.721. The molecule has 20 N–H and O–H groups in total. The van der Waals surface area contributed by atoms with E-state index in [1.807, 2.05) is 0 Å². The number of aryl methyl sites for hydroxylation is 1. The number of aromatic nitrogens is 2. The number of rotatable bonds is 36. The smallest absolute Gasteiger partial charge is 0.364 e. The summed E-state index contributed by atoms with van der Waals surface area (Å²) in [4.78, 5) is 117. The molecule has 6 fully saturated rings. The Morgan fingerprint density at radius 2 is 1.28 bits per heavy atom. The van der Waals surface area contributed by atoms with E-state index in [1.54, 1.807) is 12.1 Å². The Labute approximate surface area is 610 Å². The Bertz CT molecular complexity index is 3450. The molecular weight excluding hydrogens is 1490 g/mol. The number of phosphoric acid groups is 1. The van der Waals surface area contributed by atoms with Crippen molar-refractivity contribution in [2.45, 2.75) is 224 Å². The van der Waals surface area contributed by atoms with E-state index in [2.05, 4.69) is 20.9 Å². The van der Waals surface area contributed by atoms with Crippen molar-refractivity contribution >= 4 is 56.1 Å². The summed E-state index contributed by atoms with van der Waals surface area (Å²) >= 11 is 0. The number of amides is 3. The minimum atomic E-state index is -5.96. The quantitative estimate of drug-likeness (QED) is 0.0171. The number of carboxylic acid groups (broad SMARTS) is 1. The lowest BCUT2D eigenvalue weighted by Crippen LogP contribution is -2.70. The van der Waals surface area contributed by atoms with Crippen LogP contribution in [-0.2, 0) is 110 Å². The van der Waals surface area contributed by atoms with E-state index >= 15 is 0 Å². The minimum absolute atomic E-state index is 0.112. The Hall–Kier alpha value is -6.50. The van der Waals surface area contributed by atoms with Crippen LogP contribution in [0.25, 0.3) is 0 Å². The van der Waals surface area contributed by atoms with Gasteiger partial charge in [0.25, 0.3) is 32.5 Å². The van der Waals surface area contributed by atoms with Crippen molar-refractivity contribution in [3.05, 3.63) is 58.1 Å². The SMILES string of the molecule is CO[C@@H]1C(CO)O[C@H](O[C@@H]2C(OC=O)O[C@@H](O[C@@H]3C(CO)O[C@H](O[C@@H]4C(OC=O)O[C@@H](OCCNC(=O)c5ccc(CCCC(=O)C[C@H]6C([C@H](O)[C@H](O)CO)O[C@](OP(=O)([O-])OC[C@H]7O[C@@H](n8ccc(N)nc8=O)C(O)[C@H]7O)(C(=O)O)C[C@H]6O)cc5)C(O)[C@H]4O)C(NC(C)=O)[C@H]3O)C(O)[C@H]2O)C(NC(C)=O)[C@H]1O. The molecule has 0 bridgehead atoms. The molecule has 1 aromatic carbocycles. The molecular formula is C61H88N6O40P-. The van der Waals surface area contributed by atoms with E-state index in [-0.39, 0.29) is 50.1 Å². The third-order valence-corrected chi connectivity index (χ3v) is 19.3. The Morgan fingerprint density at radius 3 is 1.81 bits per heavy atom. The van der Waals surface area contributed by atoms with E-state index < -0.39 is 273 Å². The number of nitrogens with one attached hydrogen (secondary N) is 3. The Morgan fingerprint density at radius 1 is 0.722 bits per heavy atom. The fourth-order valence-electron chi connectivity index (χ4n) is 12.9. The highest BCUT2D eigenvalue weighted by Crippen LogP contribution is 2.50. The molecule has 47 heteroatoms. The van der Waals surface area contributed by atoms with Crippen LogP contribution in [0.3, 0.4) is 0 Å². The van der Waals surface area contributed by atoms with Crippen molar-refractivity contribution in [1.82, 2.24) is 25.5 Å². The lowest BCUT2D eigenvalue weighted by atomic mass is 9.80. The average Bonchev–Trinajstić information content (AvgIpc) is 1.17. The molecule has 0 radical (unpaired) electrons. The predicted molar refractivity (Wildman–Crippen MR) is 339 cm³/mol. The number of carboxylic acids is 1. The third-order valence-electron chi connectivity index (χ3n) is 18.3. The number of nitrogens with zero attached hydrogens (tertiary/aromatic N) is 2. The molecule has 8 rings (SSSR count). The fourth-order valence-corrected chi connectivity index (χ4v) is 13.8. The Kier molecular flexibility index (Phi) is 31.1. The maximum absolute atomic E-state index is 13.5. The van der Waals surface area contributed by atoms with Crippen molar-refractivity contribution in [2.75, 3.05) is 52.4 Å². The second-order valence-electron chi connectivity index (χ2n) is 25.7. The van der Waals surface area contributed by atoms with Crippen LogP contribution in [0.5, 0.6) is 0 Å². The number of hydrogen-bond acceptors (Lipinski definition) is 41. The van der Waals surface area contributed by atoms with Crippen molar-refractivity contribution in [3.8, 4) is 0 Å². The van der Waals surface area contributed by atoms with E-state index in [0.29, 0.717) is 5.56 Å². The van der Waals surface area contributed by atoms with Gasteiger partial charge in [-0.05, 0) is 36.6 Å². The number of aliphatic hydroxyl groups is 14. The van der Waals surface area contributed by atoms with Crippen LogP contribution < -0.4 is 32.3 Å². The van der Waals surface area contributed by atoms with Crippen molar-refractivity contribution in [2.24, 2.45) is 5.92 Å². The Balaban J connectivity index is 0.807. The summed E-state index contributed by atoms with van der Waals surface area (Å²) in [6.45, 7) is -3.10. The number of phosphoric ester groups is 1. The third kappa shape index (κ3) is 20.8. The molecule has 0 spiro atoms. The second-order valence-corrected chi connectivity index (χ2v) is 27.1. The number of hydrogen-bond donors (Lipinski definition) is 19. The first kappa shape index (κ1) is 87.1. The number of Topliss-reactive ketones (excluding diaryl/α,β-unsaturated/α-hetero) is 1. The van der Waals surface area contributed by atoms with Crippen LogP contribution >= 0.6 is 7.82 Å². The van der Waals surface area contributed by atoms with Gasteiger partial charge in [0.2, 0.25) is 24.4 Å². The first-order chi connectivity index (χ1) is 51.1. The molecule has 608 valence electrons. The highest BCUT2D eigenvalue weighted by atomic mass is 31.2. The van der Waals surface area contributed by atoms with Crippen LogP contribution in [0.15, 0.2) is 41.3 Å². The zero-order valence-corrected chi connectivity index (χ0v) is 58.4. The molecule has 0 aliphatic carbocycles. The summed E-state index contributed by atoms with van der Waals surface area (Å²) < 4.78 is 95.8. The van der Waals surface area contributed by atoms with E-state index in [0.717, 1.165) is 30.7 Å². The minimum Gasteiger partial charge on any atom is -0.756 e. The monoisotopic (exact) mass is 1580 g/mol. The molecule has 6 aliphatic heterocycles. The van der Waals surface area contributed by atoms with Crippen LogP contribution in [0.2, 0.25) is 0 Å². The van der Waals surface area contributed by atoms with Gasteiger partial charge in [-0.2, -0.15) is 4.98 Å². The number of ether oxygens (including phenoxy) is 13. The van der Waals surface area contributed by atoms with Crippen LogP contribution in [-0.4, -0.2) is 347 Å². The van der Waals surface area contributed by atoms with E-state index in [4.69, 9.17) is 76.4 Å². The number of carbonyl (C=O) groups is 7. The highest BCUT2D eigenvalue weighted by molar-refractivity contribution is 7.46. The molecule has 2 aromatic rings. The lowest BCUT2D eigenvalue weighted by Gasteiger charge is -2.49. The van der Waals surface area contributed by atoms with Gasteiger partial charge in [0.1, 0.15) is 115 Å². The van der Waals surface area contributed by atoms with Gasteiger partial charge < -0.3 is 169 Å². The van der Waals surface area contributed by atoms with Gasteiger partial charge in [0, 0.05) is 64.4 Å². The molecule has 0 saturated carbocycles. The van der Waals surface area contributed by atoms with E-state index in [1.165, 1.54) is 19.2 Å². The average molecular weight is 1580 g/mol. The number of ketones is 1.